The number of ether oxygens (including phenoxy) is 2. The van der Waals surface area contributed by atoms with Gasteiger partial charge in [0.05, 0.1) is 13.2 Å². The van der Waals surface area contributed by atoms with E-state index >= 15 is 0 Å². The zero-order valence-electron chi connectivity index (χ0n) is 10.6. The number of hydrogen-bond acceptors (Lipinski definition) is 5. The molecule has 1 heterocycles. The first kappa shape index (κ1) is 14.5. The fourth-order valence-electron chi connectivity index (χ4n) is 1.85. The Morgan fingerprint density at radius 1 is 1.61 bits per heavy atom. The molecule has 0 radical (unpaired) electrons. The topological polar surface area (TPSA) is 88.4 Å². The van der Waals surface area contributed by atoms with Crippen molar-refractivity contribution in [3.63, 3.8) is 0 Å². The van der Waals surface area contributed by atoms with Gasteiger partial charge in [0, 0.05) is 18.9 Å². The Morgan fingerprint density at radius 3 is 2.83 bits per heavy atom. The van der Waals surface area contributed by atoms with Gasteiger partial charge in [-0.2, -0.15) is 5.26 Å². The Labute approximate surface area is 106 Å². The van der Waals surface area contributed by atoms with E-state index in [1.807, 2.05) is 6.07 Å². The lowest BCUT2D eigenvalue weighted by atomic mass is 9.98. The van der Waals surface area contributed by atoms with E-state index in [4.69, 9.17) is 10.00 Å². The average molecular weight is 254 g/mol. The van der Waals surface area contributed by atoms with E-state index in [1.54, 1.807) is 6.92 Å². The molecule has 1 N–H and O–H groups in total. The Hall–Kier alpha value is -1.61. The van der Waals surface area contributed by atoms with Gasteiger partial charge in [-0.25, -0.2) is 4.79 Å². The second kappa shape index (κ2) is 6.97. The normalized spacial score (nSPS) is 21.7. The smallest absolute Gasteiger partial charge is 0.328 e. The van der Waals surface area contributed by atoms with Crippen LogP contribution in [0.1, 0.15) is 26.2 Å². The molecule has 1 saturated heterocycles. The van der Waals surface area contributed by atoms with Gasteiger partial charge in [0.15, 0.2) is 0 Å². The predicted molar refractivity (Wildman–Crippen MR) is 62.3 cm³/mol. The van der Waals surface area contributed by atoms with Gasteiger partial charge >= 0.3 is 5.97 Å². The van der Waals surface area contributed by atoms with Gasteiger partial charge in [-0.3, -0.25) is 4.79 Å². The van der Waals surface area contributed by atoms with Crippen LogP contribution in [0.15, 0.2) is 0 Å². The number of amides is 1. The molecule has 3 atom stereocenters. The summed E-state index contributed by atoms with van der Waals surface area (Å²) in [4.78, 5) is 23.4. The lowest BCUT2D eigenvalue weighted by molar-refractivity contribution is -0.147. The van der Waals surface area contributed by atoms with Gasteiger partial charge in [0.1, 0.15) is 12.1 Å². The summed E-state index contributed by atoms with van der Waals surface area (Å²) in [5.74, 6) is -1.15. The lowest BCUT2D eigenvalue weighted by Crippen LogP contribution is -2.49. The zero-order valence-corrected chi connectivity index (χ0v) is 10.6. The molecular weight excluding hydrogens is 236 g/mol. The molecule has 1 amide bonds. The van der Waals surface area contributed by atoms with Gasteiger partial charge in [-0.05, 0) is 12.8 Å². The summed E-state index contributed by atoms with van der Waals surface area (Å²) in [5, 5.41) is 11.3. The Morgan fingerprint density at radius 2 is 2.33 bits per heavy atom. The van der Waals surface area contributed by atoms with E-state index in [0.717, 1.165) is 6.42 Å². The summed E-state index contributed by atoms with van der Waals surface area (Å²) in [6.45, 7) is 2.29. The van der Waals surface area contributed by atoms with Crippen molar-refractivity contribution in [3.05, 3.63) is 0 Å². The number of methoxy groups -OCH3 is 1. The third-order valence-corrected chi connectivity index (χ3v) is 2.96. The van der Waals surface area contributed by atoms with Gasteiger partial charge in [-0.1, -0.05) is 6.92 Å². The van der Waals surface area contributed by atoms with Crippen molar-refractivity contribution >= 4 is 11.9 Å². The van der Waals surface area contributed by atoms with Gasteiger partial charge in [0.2, 0.25) is 5.91 Å². The number of hydrogen-bond donors (Lipinski definition) is 1. The SMILES string of the molecule is COC(=O)[C@@H](NC(=O)[C@H]1CCCO1)[C@H](C)CC#N. The van der Waals surface area contributed by atoms with Crippen molar-refractivity contribution in [2.24, 2.45) is 5.92 Å². The molecule has 0 unspecified atom stereocenters. The van der Waals surface area contributed by atoms with E-state index in [2.05, 4.69) is 10.1 Å². The molecule has 6 heteroatoms. The van der Waals surface area contributed by atoms with Crippen LogP contribution in [-0.4, -0.2) is 37.7 Å². The van der Waals surface area contributed by atoms with Crippen molar-refractivity contribution in [2.75, 3.05) is 13.7 Å². The van der Waals surface area contributed by atoms with E-state index in [-0.39, 0.29) is 18.2 Å². The second-order valence-corrected chi connectivity index (χ2v) is 4.35. The summed E-state index contributed by atoms with van der Waals surface area (Å²) in [7, 11) is 1.26. The van der Waals surface area contributed by atoms with Crippen LogP contribution in [0, 0.1) is 17.2 Å². The van der Waals surface area contributed by atoms with Gasteiger partial charge in [-0.15, -0.1) is 0 Å². The largest absolute Gasteiger partial charge is 0.467 e. The molecule has 1 aliphatic rings. The number of rotatable bonds is 5. The molecule has 1 aliphatic heterocycles. The Balaban J connectivity index is 2.62. The average Bonchev–Trinajstić information content (AvgIpc) is 2.88. The predicted octanol–water partition coefficient (Wildman–Crippen LogP) is 0.373. The summed E-state index contributed by atoms with van der Waals surface area (Å²) in [5.41, 5.74) is 0. The van der Waals surface area contributed by atoms with E-state index in [0.29, 0.717) is 13.0 Å². The molecule has 18 heavy (non-hydrogen) atoms. The lowest BCUT2D eigenvalue weighted by Gasteiger charge is -2.22. The van der Waals surface area contributed by atoms with Crippen molar-refractivity contribution in [2.45, 2.75) is 38.3 Å². The molecule has 1 rings (SSSR count). The van der Waals surface area contributed by atoms with Crippen LogP contribution in [0.2, 0.25) is 0 Å². The highest BCUT2D eigenvalue weighted by Crippen LogP contribution is 2.14. The summed E-state index contributed by atoms with van der Waals surface area (Å²) in [6, 6.07) is 1.18. The van der Waals surface area contributed by atoms with Crippen LogP contribution in [0.5, 0.6) is 0 Å². The number of nitrogens with zero attached hydrogens (tertiary/aromatic N) is 1. The minimum absolute atomic E-state index is 0.172. The van der Waals surface area contributed by atoms with E-state index in [1.165, 1.54) is 7.11 Å². The van der Waals surface area contributed by atoms with Crippen molar-refractivity contribution in [1.82, 2.24) is 5.32 Å². The van der Waals surface area contributed by atoms with Crippen LogP contribution in [0.3, 0.4) is 0 Å². The van der Waals surface area contributed by atoms with Crippen molar-refractivity contribution in [3.8, 4) is 6.07 Å². The number of carbonyl (C=O) groups is 2. The maximum absolute atomic E-state index is 11.9. The molecule has 0 aromatic carbocycles. The number of nitrogens with one attached hydrogen (secondary N) is 1. The minimum atomic E-state index is -0.800. The zero-order chi connectivity index (χ0) is 13.5. The minimum Gasteiger partial charge on any atom is -0.467 e. The fourth-order valence-corrected chi connectivity index (χ4v) is 1.85. The molecule has 100 valence electrons. The molecule has 0 aromatic rings. The van der Waals surface area contributed by atoms with Crippen molar-refractivity contribution in [1.29, 1.82) is 5.26 Å². The first-order valence-electron chi connectivity index (χ1n) is 5.97. The molecule has 0 bridgehead atoms. The van der Waals surface area contributed by atoms with Crippen LogP contribution in [0.25, 0.3) is 0 Å². The molecular formula is C12H18N2O4. The maximum atomic E-state index is 11.9. The number of esters is 1. The van der Waals surface area contributed by atoms with Crippen LogP contribution >= 0.6 is 0 Å². The number of carbonyl (C=O) groups excluding carboxylic acids is 2. The third-order valence-electron chi connectivity index (χ3n) is 2.96. The highest BCUT2D eigenvalue weighted by atomic mass is 16.5. The van der Waals surface area contributed by atoms with Crippen LogP contribution in [0.4, 0.5) is 0 Å². The molecule has 1 fully saturated rings. The first-order chi connectivity index (χ1) is 8.60. The monoisotopic (exact) mass is 254 g/mol. The maximum Gasteiger partial charge on any atom is 0.328 e. The van der Waals surface area contributed by atoms with E-state index in [9.17, 15) is 9.59 Å². The van der Waals surface area contributed by atoms with Crippen LogP contribution < -0.4 is 5.32 Å². The van der Waals surface area contributed by atoms with Gasteiger partial charge in [0.25, 0.3) is 0 Å². The first-order valence-corrected chi connectivity index (χ1v) is 5.97. The second-order valence-electron chi connectivity index (χ2n) is 4.35. The Kier molecular flexibility index (Phi) is 5.59. The fraction of sp³-hybridized carbons (Fsp3) is 0.750. The molecule has 0 saturated carbocycles. The standard InChI is InChI=1S/C12H18N2O4/c1-8(5-6-13)10(12(16)17-2)14-11(15)9-4-3-7-18-9/h8-10H,3-5,7H2,1-2H3,(H,14,15)/t8-,9-,10+/m1/s1. The van der Waals surface area contributed by atoms with Gasteiger partial charge < -0.3 is 14.8 Å². The molecule has 6 nitrogen and oxygen atoms in total. The summed E-state index contributed by atoms with van der Waals surface area (Å²) in [6.07, 6.45) is 1.18. The highest BCUT2D eigenvalue weighted by Gasteiger charge is 2.31. The number of nitriles is 1. The molecule has 0 spiro atoms. The summed E-state index contributed by atoms with van der Waals surface area (Å²) >= 11 is 0. The summed E-state index contributed by atoms with van der Waals surface area (Å²) < 4.78 is 9.88. The van der Waals surface area contributed by atoms with Crippen molar-refractivity contribution < 1.29 is 19.1 Å². The highest BCUT2D eigenvalue weighted by molar-refractivity contribution is 5.87. The quantitative estimate of drug-likeness (QED) is 0.716. The third kappa shape index (κ3) is 3.70. The van der Waals surface area contributed by atoms with Crippen LogP contribution in [-0.2, 0) is 19.1 Å². The molecule has 0 aliphatic carbocycles. The van der Waals surface area contributed by atoms with E-state index < -0.39 is 18.1 Å². The Bertz CT molecular complexity index is 344. The molecule has 0 aromatic heterocycles.